The highest BCUT2D eigenvalue weighted by atomic mass is 16.5. The van der Waals surface area contributed by atoms with Crippen LogP contribution in [0.3, 0.4) is 0 Å². The van der Waals surface area contributed by atoms with E-state index >= 15 is 0 Å². The number of ketones is 2. The Hall–Kier alpha value is -2.72. The lowest BCUT2D eigenvalue weighted by Gasteiger charge is -2.34. The number of aliphatic hydroxyl groups excluding tert-OH is 3. The fourth-order valence-corrected chi connectivity index (χ4v) is 4.00. The molecule has 0 saturated heterocycles. The van der Waals surface area contributed by atoms with Crippen LogP contribution in [0.15, 0.2) is 12.1 Å². The van der Waals surface area contributed by atoms with Gasteiger partial charge < -0.3 is 35.4 Å². The van der Waals surface area contributed by atoms with Gasteiger partial charge in [0, 0.05) is 18.6 Å². The number of aromatic hydroxyl groups is 3. The minimum absolute atomic E-state index is 0.0352. The van der Waals surface area contributed by atoms with Crippen LogP contribution >= 0.6 is 0 Å². The lowest BCUT2D eigenvalue weighted by Crippen LogP contribution is -2.50. The van der Waals surface area contributed by atoms with Crippen LogP contribution in [-0.2, 0) is 16.0 Å². The van der Waals surface area contributed by atoms with Crippen molar-refractivity contribution < 1.29 is 45.0 Å². The molecule has 5 atom stereocenters. The molecule has 0 heterocycles. The Bertz CT molecular complexity index is 1030. The summed E-state index contributed by atoms with van der Waals surface area (Å²) in [7, 11) is 1.18. The first-order valence-electron chi connectivity index (χ1n) is 9.36. The van der Waals surface area contributed by atoms with Crippen molar-refractivity contribution in [3.63, 3.8) is 0 Å². The number of benzene rings is 2. The van der Waals surface area contributed by atoms with E-state index in [2.05, 4.69) is 0 Å². The van der Waals surface area contributed by atoms with Gasteiger partial charge in [0.05, 0.1) is 17.1 Å². The molecule has 9 nitrogen and oxygen atoms in total. The molecular formula is C21H24O9. The lowest BCUT2D eigenvalue weighted by molar-refractivity contribution is -0.148. The normalized spacial score (nSPS) is 21.9. The van der Waals surface area contributed by atoms with Crippen LogP contribution < -0.4 is 0 Å². The number of hydrogen-bond donors (Lipinski definition) is 6. The molecule has 0 fully saturated rings. The molecule has 30 heavy (non-hydrogen) atoms. The molecule has 6 N–H and O–H groups in total. The number of methoxy groups -OCH3 is 1. The van der Waals surface area contributed by atoms with Crippen molar-refractivity contribution in [1.29, 1.82) is 0 Å². The smallest absolute Gasteiger partial charge is 0.195 e. The van der Waals surface area contributed by atoms with Crippen molar-refractivity contribution in [3.8, 4) is 17.2 Å². The van der Waals surface area contributed by atoms with Crippen molar-refractivity contribution in [2.75, 3.05) is 7.11 Å². The van der Waals surface area contributed by atoms with Gasteiger partial charge >= 0.3 is 0 Å². The SMILES string of the molecule is CO[C@H](C(=O)[C@@H](O)[C@H](C)O)[C@@H]1Cc2cc3cc(O)c(C)c(O)c3c(O)c2C(=O)[C@H]1O. The Balaban J connectivity index is 2.14. The second kappa shape index (κ2) is 7.84. The predicted octanol–water partition coefficient (Wildman–Crippen LogP) is 0.307. The van der Waals surface area contributed by atoms with E-state index in [0.717, 1.165) is 0 Å². The molecule has 0 amide bonds. The van der Waals surface area contributed by atoms with E-state index in [-0.39, 0.29) is 45.4 Å². The zero-order chi connectivity index (χ0) is 22.5. The average molecular weight is 420 g/mol. The molecule has 0 aromatic heterocycles. The third-order valence-electron chi connectivity index (χ3n) is 5.73. The summed E-state index contributed by atoms with van der Waals surface area (Å²) in [5.74, 6) is -3.96. The van der Waals surface area contributed by atoms with E-state index in [1.807, 2.05) is 0 Å². The Morgan fingerprint density at radius 1 is 1.17 bits per heavy atom. The third kappa shape index (κ3) is 3.29. The molecule has 0 aliphatic heterocycles. The quantitative estimate of drug-likeness (QED) is 0.399. The summed E-state index contributed by atoms with van der Waals surface area (Å²) in [4.78, 5) is 25.4. The maximum absolute atomic E-state index is 12.9. The molecule has 0 unspecified atom stereocenters. The maximum Gasteiger partial charge on any atom is 0.195 e. The number of carbonyl (C=O) groups is 2. The number of phenols is 3. The molecule has 1 aliphatic rings. The largest absolute Gasteiger partial charge is 0.508 e. The minimum atomic E-state index is -1.76. The third-order valence-corrected chi connectivity index (χ3v) is 5.73. The van der Waals surface area contributed by atoms with Gasteiger partial charge in [-0.1, -0.05) is 0 Å². The Morgan fingerprint density at radius 2 is 1.80 bits per heavy atom. The maximum atomic E-state index is 12.9. The zero-order valence-electron chi connectivity index (χ0n) is 16.7. The first-order valence-corrected chi connectivity index (χ1v) is 9.36. The highest BCUT2D eigenvalue weighted by Gasteiger charge is 2.45. The molecule has 0 saturated carbocycles. The number of phenolic OH excluding ortho intramolecular Hbond substituents is 3. The van der Waals surface area contributed by atoms with Gasteiger partial charge in [-0.2, -0.15) is 0 Å². The van der Waals surface area contributed by atoms with Gasteiger partial charge in [0.1, 0.15) is 35.6 Å². The van der Waals surface area contributed by atoms with Crippen molar-refractivity contribution >= 4 is 22.3 Å². The zero-order valence-corrected chi connectivity index (χ0v) is 16.7. The molecule has 162 valence electrons. The molecule has 0 spiro atoms. The molecule has 0 radical (unpaired) electrons. The van der Waals surface area contributed by atoms with Gasteiger partial charge in [0.15, 0.2) is 11.6 Å². The summed E-state index contributed by atoms with van der Waals surface area (Å²) in [6.45, 7) is 2.66. The molecule has 1 aliphatic carbocycles. The lowest BCUT2D eigenvalue weighted by atomic mass is 9.75. The van der Waals surface area contributed by atoms with E-state index in [1.165, 1.54) is 33.1 Å². The minimum Gasteiger partial charge on any atom is -0.508 e. The van der Waals surface area contributed by atoms with E-state index in [9.17, 15) is 40.2 Å². The van der Waals surface area contributed by atoms with Crippen LogP contribution in [-0.4, -0.2) is 73.7 Å². The van der Waals surface area contributed by atoms with Gasteiger partial charge in [-0.25, -0.2) is 0 Å². The van der Waals surface area contributed by atoms with Crippen LogP contribution in [0.1, 0.15) is 28.4 Å². The molecule has 3 rings (SSSR count). The second-order valence-corrected chi connectivity index (χ2v) is 7.65. The number of Topliss-reactive ketones (excluding diaryl/α,β-unsaturated/α-hetero) is 2. The fraction of sp³-hybridized carbons (Fsp3) is 0.429. The van der Waals surface area contributed by atoms with Gasteiger partial charge in [0.25, 0.3) is 0 Å². The van der Waals surface area contributed by atoms with Crippen LogP contribution in [0.2, 0.25) is 0 Å². The number of ether oxygens (including phenoxy) is 1. The summed E-state index contributed by atoms with van der Waals surface area (Å²) < 4.78 is 5.15. The van der Waals surface area contributed by atoms with Crippen molar-refractivity contribution in [1.82, 2.24) is 0 Å². The van der Waals surface area contributed by atoms with Crippen molar-refractivity contribution in [2.45, 2.75) is 44.7 Å². The molecule has 2 aromatic carbocycles. The molecular weight excluding hydrogens is 396 g/mol. The summed E-state index contributed by atoms with van der Waals surface area (Å²) in [6, 6.07) is 2.80. The number of hydrogen-bond acceptors (Lipinski definition) is 9. The van der Waals surface area contributed by atoms with E-state index in [0.29, 0.717) is 0 Å². The molecule has 2 aromatic rings. The van der Waals surface area contributed by atoms with Crippen LogP contribution in [0, 0.1) is 12.8 Å². The monoisotopic (exact) mass is 420 g/mol. The second-order valence-electron chi connectivity index (χ2n) is 7.65. The summed E-state index contributed by atoms with van der Waals surface area (Å²) in [6.07, 6.45) is -6.32. The Labute approximate surface area is 171 Å². The number of aliphatic hydroxyl groups is 3. The van der Waals surface area contributed by atoms with E-state index < -0.39 is 47.6 Å². The Morgan fingerprint density at radius 3 is 2.37 bits per heavy atom. The molecule has 9 heteroatoms. The van der Waals surface area contributed by atoms with Crippen molar-refractivity contribution in [3.05, 3.63) is 28.8 Å². The Kier molecular flexibility index (Phi) is 5.74. The van der Waals surface area contributed by atoms with Gasteiger partial charge in [-0.15, -0.1) is 0 Å². The highest BCUT2D eigenvalue weighted by Crippen LogP contribution is 2.45. The summed E-state index contributed by atoms with van der Waals surface area (Å²) in [5, 5.41) is 61.2. The summed E-state index contributed by atoms with van der Waals surface area (Å²) >= 11 is 0. The average Bonchev–Trinajstić information content (AvgIpc) is 2.69. The first-order chi connectivity index (χ1) is 14.0. The van der Waals surface area contributed by atoms with Crippen LogP contribution in [0.25, 0.3) is 10.8 Å². The standard InChI is InChI=1S/C21H24O9/c1-7-12(23)6-10-4-9-5-11(21(30-3)20(29)16(25)8(2)22)17(26)19(28)14(9)18(27)13(10)15(7)24/h4,6,8,11,16-17,21-27H,5H2,1-3H3/t8-,11+,16-,17-,21-/m0/s1. The van der Waals surface area contributed by atoms with E-state index in [4.69, 9.17) is 4.74 Å². The van der Waals surface area contributed by atoms with Gasteiger partial charge in [0.2, 0.25) is 0 Å². The number of fused-ring (bicyclic) bond motifs is 2. The first kappa shape index (κ1) is 22.0. The van der Waals surface area contributed by atoms with E-state index in [1.54, 1.807) is 0 Å². The fourth-order valence-electron chi connectivity index (χ4n) is 4.00. The van der Waals surface area contributed by atoms with Crippen LogP contribution in [0.5, 0.6) is 17.2 Å². The summed E-state index contributed by atoms with van der Waals surface area (Å²) in [5.41, 5.74) is 0.214. The molecule has 0 bridgehead atoms. The van der Waals surface area contributed by atoms with Gasteiger partial charge in [-0.3, -0.25) is 9.59 Å². The van der Waals surface area contributed by atoms with Gasteiger partial charge in [-0.05, 0) is 43.4 Å². The topological polar surface area (TPSA) is 165 Å². The van der Waals surface area contributed by atoms with Crippen LogP contribution in [0.4, 0.5) is 0 Å². The van der Waals surface area contributed by atoms with Crippen molar-refractivity contribution in [2.24, 2.45) is 5.92 Å². The highest BCUT2D eigenvalue weighted by molar-refractivity contribution is 6.11. The number of rotatable bonds is 5. The number of carbonyl (C=O) groups excluding carboxylic acids is 2. The predicted molar refractivity (Wildman–Crippen MR) is 105 cm³/mol.